The number of carbonyl (C=O) groups excluding carboxylic acids is 1. The molecular weight excluding hydrogens is 660 g/mol. The molecule has 0 saturated carbocycles. The molecule has 0 radical (unpaired) electrons. The number of aromatic nitrogens is 5. The molecule has 1 amide bonds. The minimum Gasteiger partial charge on any atom is -0.756 e. The molecule has 0 aliphatic carbocycles. The van der Waals surface area contributed by atoms with E-state index in [1.165, 1.54) is 15.5 Å². The van der Waals surface area contributed by atoms with E-state index in [4.69, 9.17) is 34.7 Å². The molecule has 2 aliphatic heterocycles. The van der Waals surface area contributed by atoms with Gasteiger partial charge in [0.25, 0.3) is 14.1 Å². The standard InChI is InChI=1S/C23H29N7O14P2/c24-14(31)4-7-39-19-13(43-22(18(19)34)29-5-2-1-3-6-29)9-41-46(37,38)44-45(35,36)40-8-12-16(32)17(33)23(42-12)30-11-28-15-20(25)26-10-27-21(15)30/h1-7,10-13,16-19,22-23,32-34H,8-9H2,(H5-,24,25,26,27,31,35,36,37,38)/b7-4+/t12-,13-,16-,17-,18-,19-,22-,23-/m1/s1. The van der Waals surface area contributed by atoms with Gasteiger partial charge in [0.1, 0.15) is 36.3 Å². The van der Waals surface area contributed by atoms with Crippen molar-refractivity contribution in [2.45, 2.75) is 49.1 Å². The second-order valence-corrected chi connectivity index (χ2v) is 12.9. The van der Waals surface area contributed by atoms with Crippen molar-refractivity contribution in [2.75, 3.05) is 18.9 Å². The van der Waals surface area contributed by atoms with Crippen LogP contribution in [0.3, 0.4) is 0 Å². The molecule has 2 fully saturated rings. The Balaban J connectivity index is 1.19. The number of rotatable bonds is 13. The lowest BCUT2D eigenvalue weighted by molar-refractivity contribution is -0.765. The number of amides is 1. The lowest BCUT2D eigenvalue weighted by atomic mass is 10.1. The summed E-state index contributed by atoms with van der Waals surface area (Å²) in [5.41, 5.74) is 11.2. The van der Waals surface area contributed by atoms with E-state index in [0.717, 1.165) is 18.7 Å². The quantitative estimate of drug-likeness (QED) is 0.0459. The van der Waals surface area contributed by atoms with Gasteiger partial charge in [0.2, 0.25) is 5.91 Å². The zero-order chi connectivity index (χ0) is 33.2. The summed E-state index contributed by atoms with van der Waals surface area (Å²) in [6, 6.07) is 4.99. The van der Waals surface area contributed by atoms with Crippen LogP contribution in [0.25, 0.3) is 11.2 Å². The van der Waals surface area contributed by atoms with Crippen LogP contribution in [0, 0.1) is 0 Å². The van der Waals surface area contributed by atoms with Gasteiger partial charge in [-0.2, -0.15) is 4.57 Å². The number of aliphatic hydroxyl groups excluding tert-OH is 3. The molecule has 2 saturated heterocycles. The summed E-state index contributed by atoms with van der Waals surface area (Å²) in [6.07, 6.45) is -3.86. The molecule has 3 aromatic heterocycles. The average Bonchev–Trinajstić information content (AvgIpc) is 3.65. The third kappa shape index (κ3) is 7.58. The van der Waals surface area contributed by atoms with E-state index in [9.17, 15) is 39.0 Å². The van der Waals surface area contributed by atoms with Gasteiger partial charge >= 0.3 is 7.82 Å². The minimum absolute atomic E-state index is 0.0489. The highest BCUT2D eigenvalue weighted by Crippen LogP contribution is 2.58. The Morgan fingerprint density at radius 1 is 1.04 bits per heavy atom. The minimum atomic E-state index is -5.61. The molecule has 5 heterocycles. The molecule has 10 atom stereocenters. The zero-order valence-corrected chi connectivity index (χ0v) is 25.2. The van der Waals surface area contributed by atoms with Gasteiger partial charge in [-0.3, -0.25) is 18.5 Å². The Bertz CT molecular complexity index is 1660. The van der Waals surface area contributed by atoms with Gasteiger partial charge in [-0.15, -0.1) is 0 Å². The van der Waals surface area contributed by atoms with Gasteiger partial charge < -0.3 is 55.3 Å². The number of phosphoric acid groups is 2. The number of anilines is 1. The number of ether oxygens (including phenoxy) is 3. The second-order valence-electron chi connectivity index (χ2n) is 9.90. The van der Waals surface area contributed by atoms with E-state index in [2.05, 4.69) is 19.3 Å². The molecule has 21 nitrogen and oxygen atoms in total. The van der Waals surface area contributed by atoms with Crippen LogP contribution in [0.5, 0.6) is 0 Å². The van der Waals surface area contributed by atoms with Crippen LogP contribution >= 0.6 is 15.6 Å². The molecule has 250 valence electrons. The molecule has 8 N–H and O–H groups in total. The smallest absolute Gasteiger partial charge is 0.478 e. The Kier molecular flexibility index (Phi) is 10.1. The number of carbonyl (C=O) groups is 1. The van der Waals surface area contributed by atoms with E-state index in [1.807, 2.05) is 0 Å². The van der Waals surface area contributed by atoms with Crippen molar-refractivity contribution >= 4 is 38.5 Å². The first-order valence-corrected chi connectivity index (χ1v) is 16.2. The first-order valence-electron chi connectivity index (χ1n) is 13.3. The Morgan fingerprint density at radius 3 is 2.48 bits per heavy atom. The zero-order valence-electron chi connectivity index (χ0n) is 23.4. The van der Waals surface area contributed by atoms with Gasteiger partial charge in [0.05, 0.1) is 25.8 Å². The third-order valence-electron chi connectivity index (χ3n) is 6.81. The van der Waals surface area contributed by atoms with Crippen molar-refractivity contribution in [3.05, 3.63) is 55.6 Å². The number of nitrogens with two attached hydrogens (primary N) is 2. The van der Waals surface area contributed by atoms with Crippen molar-refractivity contribution in [3.63, 3.8) is 0 Å². The largest absolute Gasteiger partial charge is 0.756 e. The lowest BCUT2D eigenvalue weighted by Gasteiger charge is -2.27. The van der Waals surface area contributed by atoms with Crippen LogP contribution in [0.15, 0.2) is 55.6 Å². The van der Waals surface area contributed by atoms with Gasteiger partial charge in [-0.05, 0) is 0 Å². The topological polar surface area (TPSA) is 310 Å². The fourth-order valence-corrected chi connectivity index (χ4v) is 6.76. The van der Waals surface area contributed by atoms with Gasteiger partial charge in [0.15, 0.2) is 42.3 Å². The van der Waals surface area contributed by atoms with Crippen LogP contribution in [0.2, 0.25) is 0 Å². The summed E-state index contributed by atoms with van der Waals surface area (Å²) in [4.78, 5) is 45.5. The fraction of sp³-hybridized carbons (Fsp3) is 0.435. The summed E-state index contributed by atoms with van der Waals surface area (Å²) < 4.78 is 58.1. The van der Waals surface area contributed by atoms with E-state index >= 15 is 0 Å². The normalized spacial score (nSPS) is 30.8. The van der Waals surface area contributed by atoms with Gasteiger partial charge in [0, 0.05) is 18.2 Å². The number of hydrogen-bond acceptors (Lipinski definition) is 17. The van der Waals surface area contributed by atoms with Crippen LogP contribution in [-0.2, 0) is 41.5 Å². The highest BCUT2D eigenvalue weighted by atomic mass is 31.3. The van der Waals surface area contributed by atoms with E-state index in [1.54, 1.807) is 30.6 Å². The van der Waals surface area contributed by atoms with Crippen molar-refractivity contribution < 1.29 is 71.2 Å². The summed E-state index contributed by atoms with van der Waals surface area (Å²) in [7, 11) is -11.0. The highest BCUT2D eigenvalue weighted by Gasteiger charge is 2.51. The second kappa shape index (κ2) is 13.7. The van der Waals surface area contributed by atoms with Gasteiger partial charge in [-0.1, -0.05) is 6.07 Å². The summed E-state index contributed by atoms with van der Waals surface area (Å²) in [5.74, 6) is -0.810. The van der Waals surface area contributed by atoms with Crippen molar-refractivity contribution in [3.8, 4) is 0 Å². The molecule has 3 aromatic rings. The Morgan fingerprint density at radius 2 is 1.76 bits per heavy atom. The number of hydrogen-bond donors (Lipinski definition) is 6. The maximum Gasteiger partial charge on any atom is 0.478 e. The molecular formula is C23H29N7O14P2. The monoisotopic (exact) mass is 689 g/mol. The van der Waals surface area contributed by atoms with Crippen molar-refractivity contribution in [1.29, 1.82) is 0 Å². The van der Waals surface area contributed by atoms with Crippen LogP contribution in [0.4, 0.5) is 5.82 Å². The number of phosphoric ester groups is 2. The molecule has 46 heavy (non-hydrogen) atoms. The van der Waals surface area contributed by atoms with Crippen LogP contribution in [-0.4, -0.2) is 95.5 Å². The van der Waals surface area contributed by atoms with Crippen LogP contribution < -0.4 is 20.9 Å². The van der Waals surface area contributed by atoms with Crippen LogP contribution in [0.1, 0.15) is 12.5 Å². The number of nitrogen functional groups attached to an aromatic ring is 1. The average molecular weight is 689 g/mol. The maximum absolute atomic E-state index is 12.5. The van der Waals surface area contributed by atoms with E-state index in [-0.39, 0.29) is 17.0 Å². The molecule has 0 aromatic carbocycles. The van der Waals surface area contributed by atoms with Crippen molar-refractivity contribution in [2.24, 2.45) is 5.73 Å². The predicted octanol–water partition coefficient (Wildman–Crippen LogP) is -2.72. The Labute approximate surface area is 258 Å². The number of fused-ring (bicyclic) bond motifs is 1. The van der Waals surface area contributed by atoms with E-state index < -0.39 is 83.8 Å². The predicted molar refractivity (Wildman–Crippen MR) is 146 cm³/mol. The fourth-order valence-electron chi connectivity index (χ4n) is 4.71. The van der Waals surface area contributed by atoms with E-state index in [0.29, 0.717) is 0 Å². The Hall–Kier alpha value is -3.43. The third-order valence-corrected chi connectivity index (χ3v) is 9.38. The first-order chi connectivity index (χ1) is 21.8. The number of pyridine rings is 1. The summed E-state index contributed by atoms with van der Waals surface area (Å²) in [5, 5.41) is 31.8. The van der Waals surface area contributed by atoms with Gasteiger partial charge in [-0.25, -0.2) is 23.8 Å². The molecule has 0 bridgehead atoms. The number of imidazole rings is 1. The maximum atomic E-state index is 12.5. The summed E-state index contributed by atoms with van der Waals surface area (Å²) in [6.45, 7) is -1.79. The molecule has 5 rings (SSSR count). The number of aliphatic hydroxyl groups is 3. The lowest BCUT2D eigenvalue weighted by Crippen LogP contribution is -2.45. The SMILES string of the molecule is NC(=O)/C=C/O[C@H]1[C@@H](O)[C@H]([n+]2ccccc2)O[C@@H]1COP(=O)([O-])OP(=O)(O)OC[C@H]1O[C@@H](n2cnc3c(N)ncnc32)[C@H](O)[C@@H]1O. The number of nitrogens with zero attached hydrogens (tertiary/aromatic N) is 5. The molecule has 0 spiro atoms. The molecule has 23 heteroatoms. The molecule has 2 unspecified atom stereocenters. The summed E-state index contributed by atoms with van der Waals surface area (Å²) >= 11 is 0. The van der Waals surface area contributed by atoms with Crippen molar-refractivity contribution in [1.82, 2.24) is 19.5 Å². The highest BCUT2D eigenvalue weighted by molar-refractivity contribution is 7.60. The molecule has 2 aliphatic rings. The number of primary amides is 1. The first kappa shape index (κ1) is 33.9.